The molecule has 1 amide bonds. The highest BCUT2D eigenvalue weighted by Gasteiger charge is 2.27. The van der Waals surface area contributed by atoms with Crippen molar-refractivity contribution < 1.29 is 4.79 Å². The molecule has 0 radical (unpaired) electrons. The largest absolute Gasteiger partial charge is 0.353 e. The third kappa shape index (κ3) is 4.38. The molecule has 1 aromatic heterocycles. The van der Waals surface area contributed by atoms with Crippen LogP contribution >= 0.6 is 35.5 Å². The second kappa shape index (κ2) is 8.15. The van der Waals surface area contributed by atoms with Crippen LogP contribution in [0.4, 0.5) is 0 Å². The third-order valence-electron chi connectivity index (χ3n) is 3.05. The summed E-state index contributed by atoms with van der Waals surface area (Å²) in [5.41, 5.74) is 1.23. The minimum atomic E-state index is -0.00572. The summed E-state index contributed by atoms with van der Waals surface area (Å²) in [6.45, 7) is 5.80. The second-order valence-electron chi connectivity index (χ2n) is 4.50. The number of carbonyl (C=O) groups excluding carboxylic acids is 1. The molecule has 0 saturated carbocycles. The van der Waals surface area contributed by atoms with Gasteiger partial charge >= 0.3 is 0 Å². The van der Waals surface area contributed by atoms with Gasteiger partial charge in [-0.05, 0) is 42.7 Å². The number of thiophene rings is 1. The lowest BCUT2D eigenvalue weighted by atomic mass is 10.1. The van der Waals surface area contributed by atoms with E-state index in [0.29, 0.717) is 12.6 Å². The highest BCUT2D eigenvalue weighted by Crippen LogP contribution is 2.39. The molecular formula is C13H21ClN2OS2. The first-order valence-corrected chi connectivity index (χ1v) is 8.34. The van der Waals surface area contributed by atoms with E-state index in [0.717, 1.165) is 18.7 Å². The highest BCUT2D eigenvalue weighted by atomic mass is 35.5. The molecule has 1 unspecified atom stereocenters. The van der Waals surface area contributed by atoms with E-state index in [2.05, 4.69) is 35.9 Å². The average molecular weight is 321 g/mol. The number of aryl methyl sites for hydroxylation is 1. The maximum absolute atomic E-state index is 12.2. The molecule has 19 heavy (non-hydrogen) atoms. The minimum absolute atomic E-state index is 0. The number of hydrogen-bond acceptors (Lipinski definition) is 4. The van der Waals surface area contributed by atoms with Crippen molar-refractivity contribution >= 4 is 41.4 Å². The fraction of sp³-hybridized carbons (Fsp3) is 0.615. The Labute approximate surface area is 129 Å². The number of carbonyl (C=O) groups is 1. The van der Waals surface area contributed by atoms with Gasteiger partial charge in [-0.3, -0.25) is 4.79 Å². The van der Waals surface area contributed by atoms with E-state index in [9.17, 15) is 4.79 Å². The van der Waals surface area contributed by atoms with Crippen LogP contribution in [0.3, 0.4) is 0 Å². The molecule has 1 aliphatic rings. The van der Waals surface area contributed by atoms with Gasteiger partial charge in [0.1, 0.15) is 5.25 Å². The van der Waals surface area contributed by atoms with Gasteiger partial charge in [-0.25, -0.2) is 0 Å². The lowest BCUT2D eigenvalue weighted by Gasteiger charge is -2.22. The number of nitrogens with one attached hydrogen (secondary N) is 2. The van der Waals surface area contributed by atoms with E-state index >= 15 is 0 Å². The topological polar surface area (TPSA) is 41.1 Å². The van der Waals surface area contributed by atoms with Gasteiger partial charge in [0.15, 0.2) is 0 Å². The molecule has 2 atom stereocenters. The van der Waals surface area contributed by atoms with Crippen molar-refractivity contribution in [3.05, 3.63) is 21.9 Å². The van der Waals surface area contributed by atoms with Crippen LogP contribution in [0, 0.1) is 0 Å². The zero-order chi connectivity index (χ0) is 13.0. The zero-order valence-corrected chi connectivity index (χ0v) is 13.7. The highest BCUT2D eigenvalue weighted by molar-refractivity contribution is 8.00. The van der Waals surface area contributed by atoms with Crippen molar-refractivity contribution in [2.45, 2.75) is 31.6 Å². The molecule has 108 valence electrons. The molecule has 0 aromatic carbocycles. The van der Waals surface area contributed by atoms with Crippen LogP contribution in [0.2, 0.25) is 0 Å². The van der Waals surface area contributed by atoms with Crippen LogP contribution < -0.4 is 10.6 Å². The first-order valence-electron chi connectivity index (χ1n) is 6.41. The summed E-state index contributed by atoms with van der Waals surface area (Å²) in [7, 11) is 0. The first-order chi connectivity index (χ1) is 8.72. The number of likely N-dealkylation sites (N-methyl/N-ethyl adjacent to an activating group) is 1. The van der Waals surface area contributed by atoms with Gasteiger partial charge in [0.05, 0.1) is 0 Å². The van der Waals surface area contributed by atoms with Crippen molar-refractivity contribution in [3.8, 4) is 0 Å². The van der Waals surface area contributed by atoms with Crippen LogP contribution in [0.1, 0.15) is 29.5 Å². The predicted octanol–water partition coefficient (Wildman–Crippen LogP) is 2.61. The van der Waals surface area contributed by atoms with Crippen LogP contribution in [0.25, 0.3) is 0 Å². The molecule has 2 heterocycles. The lowest BCUT2D eigenvalue weighted by Crippen LogP contribution is -2.40. The summed E-state index contributed by atoms with van der Waals surface area (Å²) in [6, 6.07) is 2.43. The number of hydrogen-bond donors (Lipinski definition) is 2. The molecule has 0 saturated heterocycles. The molecule has 0 spiro atoms. The predicted molar refractivity (Wildman–Crippen MR) is 86.6 cm³/mol. The van der Waals surface area contributed by atoms with Gasteiger partial charge < -0.3 is 10.6 Å². The quantitative estimate of drug-likeness (QED) is 0.876. The molecule has 1 aromatic rings. The van der Waals surface area contributed by atoms with Crippen molar-refractivity contribution in [1.82, 2.24) is 10.6 Å². The van der Waals surface area contributed by atoms with Gasteiger partial charge in [-0.2, -0.15) is 0 Å². The van der Waals surface area contributed by atoms with Crippen LogP contribution in [-0.4, -0.2) is 30.8 Å². The van der Waals surface area contributed by atoms with E-state index in [1.807, 2.05) is 0 Å². The van der Waals surface area contributed by atoms with E-state index in [-0.39, 0.29) is 23.6 Å². The molecule has 6 heteroatoms. The lowest BCUT2D eigenvalue weighted by molar-refractivity contribution is -0.120. The normalized spacial score (nSPS) is 19.2. The van der Waals surface area contributed by atoms with Crippen molar-refractivity contribution in [1.29, 1.82) is 0 Å². The molecule has 2 rings (SSSR count). The van der Waals surface area contributed by atoms with Gasteiger partial charge in [0.2, 0.25) is 5.91 Å². The monoisotopic (exact) mass is 320 g/mol. The maximum Gasteiger partial charge on any atom is 0.237 e. The van der Waals surface area contributed by atoms with Crippen molar-refractivity contribution in [2.75, 3.05) is 18.8 Å². The summed E-state index contributed by atoms with van der Waals surface area (Å²) in [4.78, 5) is 13.6. The number of amides is 1. The van der Waals surface area contributed by atoms with E-state index < -0.39 is 0 Å². The number of fused-ring (bicyclic) bond motifs is 1. The number of thioether (sulfide) groups is 1. The van der Waals surface area contributed by atoms with Gasteiger partial charge in [0.25, 0.3) is 0 Å². The van der Waals surface area contributed by atoms with Crippen molar-refractivity contribution in [3.63, 3.8) is 0 Å². The minimum Gasteiger partial charge on any atom is -0.353 e. The summed E-state index contributed by atoms with van der Waals surface area (Å²) < 4.78 is 0. The second-order valence-corrected chi connectivity index (χ2v) is 6.72. The number of halogens is 1. The SMILES string of the molecule is CCN[C@H](C)CNC(=O)C1SCCc2sccc21.Cl. The summed E-state index contributed by atoms with van der Waals surface area (Å²) in [6.07, 6.45) is 1.11. The molecular weight excluding hydrogens is 300 g/mol. The van der Waals surface area contributed by atoms with Crippen LogP contribution in [-0.2, 0) is 11.2 Å². The fourth-order valence-electron chi connectivity index (χ4n) is 2.13. The Morgan fingerprint density at radius 3 is 3.11 bits per heavy atom. The van der Waals surface area contributed by atoms with E-state index in [1.54, 1.807) is 23.1 Å². The Kier molecular flexibility index (Phi) is 7.21. The Hall–Kier alpha value is -0.230. The maximum atomic E-state index is 12.2. The Bertz CT molecular complexity index is 411. The average Bonchev–Trinajstić information content (AvgIpc) is 2.84. The fourth-order valence-corrected chi connectivity index (χ4v) is 4.45. The van der Waals surface area contributed by atoms with Gasteiger partial charge in [-0.1, -0.05) is 6.92 Å². The summed E-state index contributed by atoms with van der Waals surface area (Å²) in [5.74, 6) is 1.21. The van der Waals surface area contributed by atoms with E-state index in [4.69, 9.17) is 0 Å². The molecule has 0 bridgehead atoms. The third-order valence-corrected chi connectivity index (χ3v) is 5.29. The van der Waals surface area contributed by atoms with Crippen LogP contribution in [0.15, 0.2) is 11.4 Å². The molecule has 0 fully saturated rings. The standard InChI is InChI=1S/C13H20N2OS2.ClH/c1-3-14-9(2)8-15-13(16)12-10-4-6-17-11(10)5-7-18-12;/h4,6,9,12,14H,3,5,7-8H2,1-2H3,(H,15,16);1H/t9-,12?;/m1./s1. The first kappa shape index (κ1) is 16.8. The molecule has 0 aliphatic carbocycles. The summed E-state index contributed by atoms with van der Waals surface area (Å²) >= 11 is 3.53. The Morgan fingerprint density at radius 1 is 1.58 bits per heavy atom. The zero-order valence-electron chi connectivity index (χ0n) is 11.3. The van der Waals surface area contributed by atoms with E-state index in [1.165, 1.54) is 10.4 Å². The Morgan fingerprint density at radius 2 is 2.37 bits per heavy atom. The molecule has 3 nitrogen and oxygen atoms in total. The Balaban J connectivity index is 0.00000180. The van der Waals surface area contributed by atoms with Crippen LogP contribution in [0.5, 0.6) is 0 Å². The molecule has 1 aliphatic heterocycles. The smallest absolute Gasteiger partial charge is 0.237 e. The van der Waals surface area contributed by atoms with Gasteiger partial charge in [-0.15, -0.1) is 35.5 Å². The molecule has 2 N–H and O–H groups in total. The van der Waals surface area contributed by atoms with Gasteiger partial charge in [0, 0.05) is 17.5 Å². The number of rotatable bonds is 5. The van der Waals surface area contributed by atoms with Crippen molar-refractivity contribution in [2.24, 2.45) is 0 Å². The summed E-state index contributed by atoms with van der Waals surface area (Å²) in [5, 5.41) is 8.44.